The van der Waals surface area contributed by atoms with E-state index >= 15 is 0 Å². The van der Waals surface area contributed by atoms with Gasteiger partial charge in [-0.3, -0.25) is 4.90 Å². The van der Waals surface area contributed by atoms with Gasteiger partial charge < -0.3 is 4.90 Å². The Balaban J connectivity index is 2.25. The molecule has 0 saturated carbocycles. The van der Waals surface area contributed by atoms with Gasteiger partial charge in [0.15, 0.2) is 0 Å². The molecule has 2 rings (SSSR count). The lowest BCUT2D eigenvalue weighted by atomic mass is 9.99. The molecule has 114 valence electrons. The minimum absolute atomic E-state index is 0.0532. The van der Waals surface area contributed by atoms with E-state index in [0.717, 1.165) is 25.7 Å². The van der Waals surface area contributed by atoms with Crippen molar-refractivity contribution in [3.05, 3.63) is 35.4 Å². The summed E-state index contributed by atoms with van der Waals surface area (Å²) in [4.78, 5) is 4.05. The largest absolute Gasteiger partial charge is 0.416 e. The van der Waals surface area contributed by atoms with Gasteiger partial charge in [0.25, 0.3) is 0 Å². The second-order valence-corrected chi connectivity index (χ2v) is 5.09. The molecular weight excluding hydrogens is 279 g/mol. The summed E-state index contributed by atoms with van der Waals surface area (Å²) in [5.41, 5.74) is -0.660. The molecule has 21 heavy (non-hydrogen) atoms. The third-order valence-electron chi connectivity index (χ3n) is 3.90. The molecule has 0 amide bonds. The summed E-state index contributed by atoms with van der Waals surface area (Å²) in [5.74, 6) is 0. The van der Waals surface area contributed by atoms with Crippen LogP contribution in [0.2, 0.25) is 0 Å². The Morgan fingerprint density at radius 3 is 2.33 bits per heavy atom. The molecule has 1 atom stereocenters. The molecule has 0 spiro atoms. The van der Waals surface area contributed by atoms with Crippen molar-refractivity contribution in [2.24, 2.45) is 0 Å². The summed E-state index contributed by atoms with van der Waals surface area (Å²) in [7, 11) is 0. The average molecular weight is 297 g/mol. The molecule has 0 N–H and O–H groups in total. The second kappa shape index (κ2) is 6.46. The lowest BCUT2D eigenvalue weighted by molar-refractivity contribution is -0.138. The summed E-state index contributed by atoms with van der Waals surface area (Å²) in [6, 6.07) is 6.55. The first kappa shape index (κ1) is 15.8. The van der Waals surface area contributed by atoms with Gasteiger partial charge in [-0.05, 0) is 18.2 Å². The van der Waals surface area contributed by atoms with E-state index in [-0.39, 0.29) is 5.56 Å². The van der Waals surface area contributed by atoms with E-state index in [1.807, 2.05) is 11.0 Å². The van der Waals surface area contributed by atoms with E-state index in [9.17, 15) is 18.4 Å². The number of nitriles is 1. The third-order valence-corrected chi connectivity index (χ3v) is 3.90. The van der Waals surface area contributed by atoms with Gasteiger partial charge in [0.05, 0.1) is 11.6 Å². The molecule has 1 saturated heterocycles. The van der Waals surface area contributed by atoms with Gasteiger partial charge >= 0.3 is 6.18 Å². The average Bonchev–Trinajstić information content (AvgIpc) is 2.48. The van der Waals surface area contributed by atoms with Crippen LogP contribution in [-0.2, 0) is 6.18 Å². The maximum Gasteiger partial charge on any atom is 0.416 e. The maximum atomic E-state index is 13.1. The topological polar surface area (TPSA) is 30.3 Å². The molecule has 3 nitrogen and oxygen atoms in total. The first-order chi connectivity index (χ1) is 9.97. The molecule has 1 aliphatic rings. The summed E-state index contributed by atoms with van der Waals surface area (Å²) in [6.07, 6.45) is -4.43. The van der Waals surface area contributed by atoms with E-state index in [4.69, 9.17) is 0 Å². The van der Waals surface area contributed by atoms with Crippen molar-refractivity contribution in [3.8, 4) is 6.07 Å². The second-order valence-electron chi connectivity index (χ2n) is 5.09. The normalized spacial score (nSPS) is 19.2. The minimum atomic E-state index is -4.43. The van der Waals surface area contributed by atoms with Gasteiger partial charge in [0.1, 0.15) is 6.04 Å². The highest BCUT2D eigenvalue weighted by atomic mass is 19.4. The number of rotatable bonds is 3. The molecular formula is C15H18F3N3. The zero-order valence-corrected chi connectivity index (χ0v) is 11.9. The summed E-state index contributed by atoms with van der Waals surface area (Å²) >= 11 is 0. The monoisotopic (exact) mass is 297 g/mol. The Hall–Kier alpha value is -1.58. The predicted octanol–water partition coefficient (Wildman–Crippen LogP) is 2.91. The molecule has 1 unspecified atom stereocenters. The van der Waals surface area contributed by atoms with Crippen molar-refractivity contribution in [3.63, 3.8) is 0 Å². The van der Waals surface area contributed by atoms with Crippen molar-refractivity contribution in [1.82, 2.24) is 9.80 Å². The van der Waals surface area contributed by atoms with Crippen molar-refractivity contribution in [2.75, 3.05) is 32.7 Å². The Labute approximate surface area is 122 Å². The minimum Gasteiger partial charge on any atom is -0.301 e. The van der Waals surface area contributed by atoms with E-state index in [2.05, 4.69) is 11.8 Å². The van der Waals surface area contributed by atoms with Gasteiger partial charge in [-0.1, -0.05) is 25.1 Å². The lowest BCUT2D eigenvalue weighted by Crippen LogP contribution is -2.47. The Morgan fingerprint density at radius 1 is 1.19 bits per heavy atom. The number of hydrogen-bond donors (Lipinski definition) is 0. The highest BCUT2D eigenvalue weighted by Crippen LogP contribution is 2.36. The fourth-order valence-electron chi connectivity index (χ4n) is 2.68. The van der Waals surface area contributed by atoms with Crippen molar-refractivity contribution < 1.29 is 13.2 Å². The maximum absolute atomic E-state index is 13.1. The first-order valence-corrected chi connectivity index (χ1v) is 6.99. The molecule has 1 fully saturated rings. The van der Waals surface area contributed by atoms with Crippen molar-refractivity contribution in [2.45, 2.75) is 19.1 Å². The molecule has 0 aromatic heterocycles. The predicted molar refractivity (Wildman–Crippen MR) is 73.5 cm³/mol. The first-order valence-electron chi connectivity index (χ1n) is 6.99. The Bertz CT molecular complexity index is 514. The molecule has 0 bridgehead atoms. The van der Waals surface area contributed by atoms with Gasteiger partial charge in [0, 0.05) is 26.2 Å². The quantitative estimate of drug-likeness (QED) is 0.859. The number of nitrogens with zero attached hydrogens (tertiary/aromatic N) is 3. The van der Waals surface area contributed by atoms with Crippen LogP contribution in [0, 0.1) is 11.3 Å². The van der Waals surface area contributed by atoms with Crippen LogP contribution in [0.5, 0.6) is 0 Å². The summed E-state index contributed by atoms with van der Waals surface area (Å²) in [5, 5.41) is 9.37. The molecule has 1 heterocycles. The third kappa shape index (κ3) is 3.55. The zero-order chi connectivity index (χ0) is 15.5. The molecule has 6 heteroatoms. The fourth-order valence-corrected chi connectivity index (χ4v) is 2.68. The number of hydrogen-bond acceptors (Lipinski definition) is 3. The number of benzene rings is 1. The van der Waals surface area contributed by atoms with Gasteiger partial charge in [-0.2, -0.15) is 18.4 Å². The molecule has 0 radical (unpaired) electrons. The van der Waals surface area contributed by atoms with Gasteiger partial charge in [-0.15, -0.1) is 0 Å². The lowest BCUT2D eigenvalue weighted by Gasteiger charge is -2.37. The molecule has 1 aromatic carbocycles. The smallest absolute Gasteiger partial charge is 0.301 e. The van der Waals surface area contributed by atoms with Crippen molar-refractivity contribution in [1.29, 1.82) is 5.26 Å². The van der Waals surface area contributed by atoms with E-state index in [1.54, 1.807) is 6.07 Å². The van der Waals surface area contributed by atoms with E-state index in [1.165, 1.54) is 12.1 Å². The van der Waals surface area contributed by atoms with Crippen LogP contribution >= 0.6 is 0 Å². The molecule has 1 aliphatic heterocycles. The number of piperazine rings is 1. The van der Waals surface area contributed by atoms with Crippen LogP contribution in [0.4, 0.5) is 13.2 Å². The summed E-state index contributed by atoms with van der Waals surface area (Å²) in [6.45, 7) is 5.75. The van der Waals surface area contributed by atoms with Crippen LogP contribution in [0.1, 0.15) is 24.1 Å². The number of likely N-dealkylation sites (N-methyl/N-ethyl adjacent to an activating group) is 1. The van der Waals surface area contributed by atoms with E-state index < -0.39 is 17.8 Å². The van der Waals surface area contributed by atoms with Crippen LogP contribution in [0.25, 0.3) is 0 Å². The van der Waals surface area contributed by atoms with Gasteiger partial charge in [-0.25, -0.2) is 0 Å². The van der Waals surface area contributed by atoms with E-state index in [0.29, 0.717) is 13.1 Å². The standard InChI is InChI=1S/C15H18F3N3/c1-2-20-7-9-21(10-8-20)14(11-19)12-5-3-4-6-13(12)15(16,17)18/h3-6,14H,2,7-10H2,1H3. The molecule has 1 aromatic rings. The van der Waals surface area contributed by atoms with Crippen molar-refractivity contribution >= 4 is 0 Å². The van der Waals surface area contributed by atoms with Gasteiger partial charge in [0.2, 0.25) is 0 Å². The number of halogens is 3. The zero-order valence-electron chi connectivity index (χ0n) is 11.9. The van der Waals surface area contributed by atoms with Crippen LogP contribution in [0.15, 0.2) is 24.3 Å². The Morgan fingerprint density at radius 2 is 1.81 bits per heavy atom. The van der Waals surface area contributed by atoms with Crippen LogP contribution in [-0.4, -0.2) is 42.5 Å². The van der Waals surface area contributed by atoms with Crippen LogP contribution < -0.4 is 0 Å². The Kier molecular flexibility index (Phi) is 4.86. The van der Waals surface area contributed by atoms with Crippen LogP contribution in [0.3, 0.4) is 0 Å². The SMILES string of the molecule is CCN1CCN(C(C#N)c2ccccc2C(F)(F)F)CC1. The fraction of sp³-hybridized carbons (Fsp3) is 0.533. The highest BCUT2D eigenvalue weighted by molar-refractivity contribution is 5.35. The molecule has 0 aliphatic carbocycles. The highest BCUT2D eigenvalue weighted by Gasteiger charge is 2.36. The number of alkyl halides is 3. The summed E-state index contributed by atoms with van der Waals surface area (Å²) < 4.78 is 39.3.